The van der Waals surface area contributed by atoms with Crippen LogP contribution in [0.1, 0.15) is 96.8 Å². The maximum atomic E-state index is 10.8. The van der Waals surface area contributed by atoms with E-state index in [2.05, 4.69) is 6.92 Å². The largest absolute Gasteiger partial charge is 0 e. The van der Waals surface area contributed by atoms with Crippen molar-refractivity contribution in [2.45, 2.75) is 96.8 Å². The molecule has 0 bridgehead atoms. The third-order valence-corrected chi connectivity index (χ3v) is 4.13. The zero-order valence-electron chi connectivity index (χ0n) is 13.8. The Morgan fingerprint density at radius 2 is 1.00 bits per heavy atom. The van der Waals surface area contributed by atoms with E-state index in [4.69, 9.17) is 0 Å². The third-order valence-electron chi connectivity index (χ3n) is 3.63. The van der Waals surface area contributed by atoms with E-state index in [0.29, 0.717) is 3.03 Å². The Balaban J connectivity index is 0. The smallest absolute Gasteiger partial charge is 0 e. The Hall–Kier alpha value is 1.67. The Bertz CT molecular complexity index is 184. The van der Waals surface area contributed by atoms with Gasteiger partial charge in [-0.25, -0.2) is 0 Å². The van der Waals surface area contributed by atoms with Crippen LogP contribution in [0.2, 0.25) is 0 Å². The van der Waals surface area contributed by atoms with Crippen molar-refractivity contribution >= 4 is 60.5 Å². The minimum absolute atomic E-state index is 0. The van der Waals surface area contributed by atoms with Gasteiger partial charge in [-0.15, -0.1) is 0 Å². The zero-order chi connectivity index (χ0) is 13.5. The Labute approximate surface area is 160 Å². The van der Waals surface area contributed by atoms with Gasteiger partial charge in [0.05, 0.1) is 0 Å². The van der Waals surface area contributed by atoms with Crippen molar-refractivity contribution in [1.29, 1.82) is 0 Å². The number of hydrogen-bond donors (Lipinski definition) is 0. The maximum Gasteiger partial charge on any atom is 0 e. The van der Waals surface area contributed by atoms with Gasteiger partial charge in [-0.1, -0.05) is 26.2 Å². The van der Waals surface area contributed by atoms with Crippen molar-refractivity contribution in [3.05, 3.63) is 0 Å². The van der Waals surface area contributed by atoms with Gasteiger partial charge in [0, 0.05) is 29.6 Å². The molecule has 0 aromatic carbocycles. The molecular weight excluding hydrogens is 254 g/mol. The van der Waals surface area contributed by atoms with Crippen molar-refractivity contribution in [1.82, 2.24) is 0 Å². The van der Waals surface area contributed by atoms with Crippen LogP contribution < -0.4 is 0 Å². The molecule has 0 amide bonds. The Kier molecular flexibility index (Phi) is 23.8. The van der Waals surface area contributed by atoms with Gasteiger partial charge in [0.25, 0.3) is 0 Å². The summed E-state index contributed by atoms with van der Waals surface area (Å²) in [5.74, 6) is 0. The summed E-state index contributed by atoms with van der Waals surface area (Å²) in [5.41, 5.74) is 0. The van der Waals surface area contributed by atoms with Crippen molar-refractivity contribution in [3.8, 4) is 0 Å². The molecule has 0 aromatic heterocycles. The summed E-state index contributed by atoms with van der Waals surface area (Å²) in [5, 5.41) is 0. The number of unbranched alkanes of at least 4 members (excludes halogenated alkanes) is 12. The second-order valence-electron chi connectivity index (χ2n) is 5.69. The van der Waals surface area contributed by atoms with Gasteiger partial charge in [0.15, 0.2) is 0 Å². The fourth-order valence-electron chi connectivity index (χ4n) is 2.39. The molecule has 1 radical (unpaired) electrons. The van der Waals surface area contributed by atoms with E-state index in [1.807, 2.05) is 0 Å². The molecular formula is C16H31Na2O. The van der Waals surface area contributed by atoms with Crippen LogP contribution in [0.4, 0.5) is 0 Å². The summed E-state index contributed by atoms with van der Waals surface area (Å²) in [6.45, 7) is 2.28. The molecule has 0 saturated carbocycles. The quantitative estimate of drug-likeness (QED) is 0.331. The topological polar surface area (TPSA) is 17.1 Å². The predicted molar refractivity (Wildman–Crippen MR) is 86.8 cm³/mol. The predicted octanol–water partition coefficient (Wildman–Crippen LogP) is 4.78. The first-order chi connectivity index (χ1) is 8.77. The monoisotopic (exact) mass is 285 g/mol. The first-order valence-corrected chi connectivity index (χ1v) is 9.26. The molecule has 1 nitrogen and oxygen atoms in total. The molecule has 3 heteroatoms. The number of rotatable bonds is 14. The van der Waals surface area contributed by atoms with E-state index in [0.717, 1.165) is 40.8 Å². The molecule has 0 unspecified atom stereocenters. The van der Waals surface area contributed by atoms with Crippen LogP contribution >= 0.6 is 0 Å². The molecule has 0 aliphatic carbocycles. The van der Waals surface area contributed by atoms with E-state index in [1.165, 1.54) is 77.0 Å². The first-order valence-electron chi connectivity index (χ1n) is 8.26. The SMILES string of the molecule is CCCCCCCCCCCCCCC[C](=O)[Na].[Na]. The van der Waals surface area contributed by atoms with Crippen LogP contribution in [-0.2, 0) is 4.79 Å². The van der Waals surface area contributed by atoms with E-state index < -0.39 is 0 Å². The van der Waals surface area contributed by atoms with Gasteiger partial charge in [0.2, 0.25) is 0 Å². The number of hydrogen-bond acceptors (Lipinski definition) is 1. The molecule has 0 atom stereocenters. The van der Waals surface area contributed by atoms with Gasteiger partial charge in [-0.05, 0) is 0 Å². The molecule has 0 fully saturated rings. The summed E-state index contributed by atoms with van der Waals surface area (Å²) in [6, 6.07) is 0. The van der Waals surface area contributed by atoms with Crippen molar-refractivity contribution in [3.63, 3.8) is 0 Å². The minimum atomic E-state index is 0. The van der Waals surface area contributed by atoms with Crippen LogP contribution in [0.5, 0.6) is 0 Å². The Morgan fingerprint density at radius 3 is 1.32 bits per heavy atom. The fourth-order valence-corrected chi connectivity index (χ4v) is 2.75. The number of carbonyl (C=O) groups excluding carboxylic acids is 1. The Morgan fingerprint density at radius 1 is 0.684 bits per heavy atom. The van der Waals surface area contributed by atoms with Crippen LogP contribution in [0, 0.1) is 0 Å². The molecule has 19 heavy (non-hydrogen) atoms. The molecule has 0 aliphatic heterocycles. The summed E-state index contributed by atoms with van der Waals surface area (Å²) in [4.78, 5) is 10.8. The van der Waals surface area contributed by atoms with E-state index >= 15 is 0 Å². The maximum absolute atomic E-state index is 10.8. The second-order valence-corrected chi connectivity index (χ2v) is 6.81. The van der Waals surface area contributed by atoms with Gasteiger partial charge in [-0.2, -0.15) is 0 Å². The van der Waals surface area contributed by atoms with E-state index in [1.54, 1.807) is 0 Å². The van der Waals surface area contributed by atoms with Gasteiger partial charge < -0.3 is 0 Å². The molecule has 0 saturated heterocycles. The average Bonchev–Trinajstić information content (AvgIpc) is 2.34. The first kappa shape index (κ1) is 22.9. The number of carbonyl (C=O) groups is 1. The molecule has 103 valence electrons. The average molecular weight is 285 g/mol. The zero-order valence-corrected chi connectivity index (χ0v) is 17.8. The van der Waals surface area contributed by atoms with Crippen LogP contribution in [0.15, 0.2) is 0 Å². The minimum Gasteiger partial charge on any atom is 0 e. The molecule has 0 aliphatic rings. The van der Waals surface area contributed by atoms with Crippen molar-refractivity contribution in [2.75, 3.05) is 0 Å². The standard InChI is InChI=1S/C16H31O.2Na/c1-2-3-4-5-6-7-8-9-10-11-12-13-14-15-16-17;;/h2-15H2,1H3;;. The summed E-state index contributed by atoms with van der Waals surface area (Å²) in [7, 11) is 0. The summed E-state index contributed by atoms with van der Waals surface area (Å²) < 4.78 is 0.484. The van der Waals surface area contributed by atoms with E-state index in [9.17, 15) is 4.79 Å². The van der Waals surface area contributed by atoms with E-state index in [-0.39, 0.29) is 29.6 Å². The third kappa shape index (κ3) is 22.1. The summed E-state index contributed by atoms with van der Waals surface area (Å²) >= 11 is 0.751. The molecule has 0 spiro atoms. The molecule has 0 aromatic rings. The molecule has 0 heterocycles. The van der Waals surface area contributed by atoms with Crippen molar-refractivity contribution < 1.29 is 4.79 Å². The summed E-state index contributed by atoms with van der Waals surface area (Å²) in [6.07, 6.45) is 18.8. The van der Waals surface area contributed by atoms with Crippen molar-refractivity contribution in [2.24, 2.45) is 0 Å². The molecule has 0 rings (SSSR count). The van der Waals surface area contributed by atoms with Gasteiger partial charge in [-0.3, -0.25) is 0 Å². The normalized spacial score (nSPS) is 10.3. The fraction of sp³-hybridized carbons (Fsp3) is 0.938. The van der Waals surface area contributed by atoms with Crippen LogP contribution in [-0.4, -0.2) is 60.5 Å². The second kappa shape index (κ2) is 19.7. The van der Waals surface area contributed by atoms with Crippen LogP contribution in [0.3, 0.4) is 0 Å². The van der Waals surface area contributed by atoms with Gasteiger partial charge >= 0.3 is 106 Å². The van der Waals surface area contributed by atoms with Crippen LogP contribution in [0.25, 0.3) is 0 Å². The molecule has 0 N–H and O–H groups in total. The van der Waals surface area contributed by atoms with Gasteiger partial charge in [0.1, 0.15) is 0 Å².